The van der Waals surface area contributed by atoms with Crippen LogP contribution in [0.5, 0.6) is 5.75 Å². The molecule has 0 spiro atoms. The Labute approximate surface area is 163 Å². The van der Waals surface area contributed by atoms with E-state index in [1.54, 1.807) is 0 Å². The maximum absolute atomic E-state index is 12.2. The van der Waals surface area contributed by atoms with Gasteiger partial charge in [0.1, 0.15) is 11.8 Å². The molecule has 0 heterocycles. The van der Waals surface area contributed by atoms with Crippen molar-refractivity contribution in [3.8, 4) is 5.75 Å². The molecule has 1 rings (SSSR count). The first-order valence-electron chi connectivity index (χ1n) is 8.53. The van der Waals surface area contributed by atoms with Crippen LogP contribution in [0.1, 0.15) is 41.0 Å². The molecule has 28 heavy (non-hydrogen) atoms. The number of hydrogen-bond donors (Lipinski definition) is 1. The third-order valence-corrected chi connectivity index (χ3v) is 3.65. The number of rotatable bonds is 9. The summed E-state index contributed by atoms with van der Waals surface area (Å²) in [5, 5.41) is 2.54. The van der Waals surface area contributed by atoms with Crippen LogP contribution in [0.3, 0.4) is 0 Å². The third kappa shape index (κ3) is 6.90. The van der Waals surface area contributed by atoms with Gasteiger partial charge in [-0.3, -0.25) is 4.79 Å². The lowest BCUT2D eigenvalue weighted by molar-refractivity contribution is -0.145. The van der Waals surface area contributed by atoms with Crippen LogP contribution in [-0.4, -0.2) is 57.8 Å². The first kappa shape index (κ1) is 22.9. The number of ether oxygens (including phenoxy) is 4. The van der Waals surface area contributed by atoms with E-state index in [0.29, 0.717) is 6.42 Å². The molecular weight excluding hydrogens is 370 g/mol. The maximum atomic E-state index is 12.2. The highest BCUT2D eigenvalue weighted by Gasteiger charge is 2.23. The number of esters is 3. The van der Waals surface area contributed by atoms with Gasteiger partial charge in [0, 0.05) is 0 Å². The van der Waals surface area contributed by atoms with Crippen molar-refractivity contribution in [2.24, 2.45) is 5.92 Å². The highest BCUT2D eigenvalue weighted by atomic mass is 16.5. The van der Waals surface area contributed by atoms with Crippen molar-refractivity contribution in [1.29, 1.82) is 0 Å². The van der Waals surface area contributed by atoms with Gasteiger partial charge in [0.25, 0.3) is 5.91 Å². The van der Waals surface area contributed by atoms with Gasteiger partial charge >= 0.3 is 17.9 Å². The normalized spacial score (nSPS) is 11.4. The SMILES string of the molecule is COC(=O)c1cc(OCC(=O)N[C@@H](CC(C)C)C(=O)OC)cc(C(=O)OC)c1. The minimum atomic E-state index is -0.798. The summed E-state index contributed by atoms with van der Waals surface area (Å²) in [6.07, 6.45) is 0.405. The molecule has 0 fully saturated rings. The van der Waals surface area contributed by atoms with Gasteiger partial charge < -0.3 is 24.3 Å². The summed E-state index contributed by atoms with van der Waals surface area (Å²) in [5.74, 6) is -2.21. The number of nitrogens with one attached hydrogen (secondary N) is 1. The van der Waals surface area contributed by atoms with E-state index < -0.39 is 36.5 Å². The topological polar surface area (TPSA) is 117 Å². The van der Waals surface area contributed by atoms with Gasteiger partial charge in [0.15, 0.2) is 6.61 Å². The van der Waals surface area contributed by atoms with Crippen molar-refractivity contribution in [1.82, 2.24) is 5.32 Å². The van der Waals surface area contributed by atoms with Crippen molar-refractivity contribution >= 4 is 23.8 Å². The Kier molecular flexibility index (Phi) is 8.94. The van der Waals surface area contributed by atoms with Crippen molar-refractivity contribution < 1.29 is 38.1 Å². The largest absolute Gasteiger partial charge is 0.484 e. The zero-order valence-corrected chi connectivity index (χ0v) is 16.6. The van der Waals surface area contributed by atoms with Crippen molar-refractivity contribution in [2.45, 2.75) is 26.3 Å². The molecule has 0 saturated heterocycles. The minimum Gasteiger partial charge on any atom is -0.484 e. The maximum Gasteiger partial charge on any atom is 0.338 e. The molecule has 154 valence electrons. The monoisotopic (exact) mass is 395 g/mol. The quantitative estimate of drug-likeness (QED) is 0.492. The van der Waals surface area contributed by atoms with Crippen LogP contribution >= 0.6 is 0 Å². The van der Waals surface area contributed by atoms with Crippen LogP contribution in [0.4, 0.5) is 0 Å². The zero-order chi connectivity index (χ0) is 21.3. The number of carbonyl (C=O) groups excluding carboxylic acids is 4. The van der Waals surface area contributed by atoms with E-state index in [0.717, 1.165) is 0 Å². The van der Waals surface area contributed by atoms with Crippen LogP contribution in [-0.2, 0) is 23.8 Å². The summed E-state index contributed by atoms with van der Waals surface area (Å²) in [6.45, 7) is 3.38. The summed E-state index contributed by atoms with van der Waals surface area (Å²) in [6, 6.07) is 3.16. The average Bonchev–Trinajstić information content (AvgIpc) is 2.69. The van der Waals surface area contributed by atoms with Gasteiger partial charge in [0.05, 0.1) is 32.5 Å². The van der Waals surface area contributed by atoms with E-state index in [4.69, 9.17) is 4.74 Å². The molecule has 0 aromatic heterocycles. The number of methoxy groups -OCH3 is 3. The lowest BCUT2D eigenvalue weighted by atomic mass is 10.0. The Morgan fingerprint density at radius 2 is 1.43 bits per heavy atom. The number of amides is 1. The molecule has 0 radical (unpaired) electrons. The second-order valence-electron chi connectivity index (χ2n) is 6.29. The van der Waals surface area contributed by atoms with E-state index in [2.05, 4.69) is 19.5 Å². The van der Waals surface area contributed by atoms with Crippen LogP contribution in [0.15, 0.2) is 18.2 Å². The summed E-state index contributed by atoms with van der Waals surface area (Å²) in [4.78, 5) is 47.5. The van der Waals surface area contributed by atoms with E-state index in [-0.39, 0.29) is 22.8 Å². The van der Waals surface area contributed by atoms with Gasteiger partial charge in [-0.05, 0) is 30.5 Å². The molecule has 1 aromatic carbocycles. The molecule has 1 atom stereocenters. The fourth-order valence-electron chi connectivity index (χ4n) is 2.37. The molecule has 0 aliphatic rings. The lowest BCUT2D eigenvalue weighted by Gasteiger charge is -2.18. The number of benzene rings is 1. The predicted molar refractivity (Wildman–Crippen MR) is 98.0 cm³/mol. The zero-order valence-electron chi connectivity index (χ0n) is 16.6. The van der Waals surface area contributed by atoms with E-state index >= 15 is 0 Å². The van der Waals surface area contributed by atoms with E-state index in [1.807, 2.05) is 13.8 Å². The molecule has 1 aromatic rings. The van der Waals surface area contributed by atoms with Crippen molar-refractivity contribution in [3.05, 3.63) is 29.3 Å². The fraction of sp³-hybridized carbons (Fsp3) is 0.474. The predicted octanol–water partition coefficient (Wildman–Crippen LogP) is 1.34. The molecule has 0 unspecified atom stereocenters. The minimum absolute atomic E-state index is 0.0630. The lowest BCUT2D eigenvalue weighted by Crippen LogP contribution is -2.44. The first-order valence-corrected chi connectivity index (χ1v) is 8.53. The molecule has 0 bridgehead atoms. The molecule has 1 N–H and O–H groups in total. The van der Waals surface area contributed by atoms with Crippen LogP contribution in [0.25, 0.3) is 0 Å². The standard InChI is InChI=1S/C19H25NO8/c1-11(2)6-15(19(24)27-5)20-16(21)10-28-14-8-12(17(22)25-3)7-13(9-14)18(23)26-4/h7-9,11,15H,6,10H2,1-5H3,(H,20,21)/t15-/m0/s1. The van der Waals surface area contributed by atoms with Crippen LogP contribution < -0.4 is 10.1 Å². The highest BCUT2D eigenvalue weighted by molar-refractivity contribution is 5.96. The first-order chi connectivity index (χ1) is 13.2. The van der Waals surface area contributed by atoms with Gasteiger partial charge in [-0.15, -0.1) is 0 Å². The Morgan fingerprint density at radius 1 is 0.893 bits per heavy atom. The van der Waals surface area contributed by atoms with Gasteiger partial charge in [0.2, 0.25) is 0 Å². The molecule has 9 nitrogen and oxygen atoms in total. The van der Waals surface area contributed by atoms with E-state index in [9.17, 15) is 19.2 Å². The molecule has 0 aliphatic heterocycles. The third-order valence-electron chi connectivity index (χ3n) is 3.65. The Balaban J connectivity index is 2.89. The van der Waals surface area contributed by atoms with Crippen LogP contribution in [0, 0.1) is 5.92 Å². The van der Waals surface area contributed by atoms with E-state index in [1.165, 1.54) is 39.5 Å². The van der Waals surface area contributed by atoms with Crippen molar-refractivity contribution in [3.63, 3.8) is 0 Å². The molecule has 0 aliphatic carbocycles. The second-order valence-corrected chi connectivity index (χ2v) is 6.29. The van der Waals surface area contributed by atoms with Gasteiger partial charge in [-0.25, -0.2) is 14.4 Å². The summed E-state index contributed by atoms with van der Waals surface area (Å²) in [7, 11) is 3.64. The van der Waals surface area contributed by atoms with Crippen LogP contribution in [0.2, 0.25) is 0 Å². The van der Waals surface area contributed by atoms with Gasteiger partial charge in [-0.1, -0.05) is 13.8 Å². The van der Waals surface area contributed by atoms with Crippen molar-refractivity contribution in [2.75, 3.05) is 27.9 Å². The fourth-order valence-corrected chi connectivity index (χ4v) is 2.37. The molecule has 0 saturated carbocycles. The summed E-state index contributed by atoms with van der Waals surface area (Å²) < 4.78 is 19.3. The molecule has 9 heteroatoms. The summed E-state index contributed by atoms with van der Waals surface area (Å²) in [5.41, 5.74) is 0.126. The Hall–Kier alpha value is -3.10. The molecular formula is C19H25NO8. The second kappa shape index (κ2) is 10.9. The number of carbonyl (C=O) groups is 4. The average molecular weight is 395 g/mol. The molecule has 1 amide bonds. The smallest absolute Gasteiger partial charge is 0.338 e. The Morgan fingerprint density at radius 3 is 1.86 bits per heavy atom. The number of hydrogen-bond acceptors (Lipinski definition) is 8. The summed E-state index contributed by atoms with van der Waals surface area (Å²) >= 11 is 0. The highest BCUT2D eigenvalue weighted by Crippen LogP contribution is 2.19. The van der Waals surface area contributed by atoms with Gasteiger partial charge in [-0.2, -0.15) is 0 Å². The Bertz CT molecular complexity index is 694.